The molecule has 0 aliphatic carbocycles. The Morgan fingerprint density at radius 3 is 2.65 bits per heavy atom. The highest BCUT2D eigenvalue weighted by Crippen LogP contribution is 2.41. The molecule has 0 aliphatic heterocycles. The molecule has 0 saturated heterocycles. The summed E-state index contributed by atoms with van der Waals surface area (Å²) in [5.74, 6) is 0.399. The summed E-state index contributed by atoms with van der Waals surface area (Å²) >= 11 is 0. The van der Waals surface area contributed by atoms with Crippen molar-refractivity contribution in [3.63, 3.8) is 0 Å². The van der Waals surface area contributed by atoms with E-state index in [-0.39, 0.29) is 5.75 Å². The third-order valence-corrected chi connectivity index (χ3v) is 5.21. The van der Waals surface area contributed by atoms with Gasteiger partial charge in [-0.25, -0.2) is 0 Å². The van der Waals surface area contributed by atoms with E-state index in [1.165, 1.54) is 12.1 Å². The highest BCUT2D eigenvalue weighted by atomic mass is 19.4. The Labute approximate surface area is 177 Å². The number of hydrogen-bond acceptors (Lipinski definition) is 4. The number of halogens is 3. The number of benzene rings is 2. The molecule has 5 nitrogen and oxygen atoms in total. The first-order valence-corrected chi connectivity index (χ1v) is 9.94. The van der Waals surface area contributed by atoms with Crippen molar-refractivity contribution in [1.29, 1.82) is 0 Å². The number of H-pyrrole nitrogens is 1. The fourth-order valence-electron chi connectivity index (χ4n) is 3.90. The summed E-state index contributed by atoms with van der Waals surface area (Å²) in [6, 6.07) is 11.9. The molecule has 0 unspecified atom stereocenters. The van der Waals surface area contributed by atoms with Crippen LogP contribution >= 0.6 is 0 Å². The lowest BCUT2D eigenvalue weighted by Gasteiger charge is -2.13. The second-order valence-electron chi connectivity index (χ2n) is 7.19. The van der Waals surface area contributed by atoms with Crippen LogP contribution < -0.4 is 15.2 Å². The zero-order chi connectivity index (χ0) is 22.0. The number of alkyl halides is 3. The maximum atomic E-state index is 12.8. The summed E-state index contributed by atoms with van der Waals surface area (Å²) in [6.45, 7) is 0.543. The van der Waals surface area contributed by atoms with Crippen LogP contribution in [0.3, 0.4) is 0 Å². The summed E-state index contributed by atoms with van der Waals surface area (Å²) in [4.78, 5) is 7.81. The number of nitrogens with two attached hydrogens (primary N) is 1. The number of pyridine rings is 1. The van der Waals surface area contributed by atoms with Gasteiger partial charge in [-0.05, 0) is 67.8 Å². The third kappa shape index (κ3) is 4.29. The summed E-state index contributed by atoms with van der Waals surface area (Å²) in [7, 11) is 1.59. The molecule has 162 valence electrons. The van der Waals surface area contributed by atoms with Gasteiger partial charge in [0.05, 0.1) is 18.3 Å². The number of nitrogens with one attached hydrogen (secondary N) is 1. The van der Waals surface area contributed by atoms with Crippen LogP contribution in [0.4, 0.5) is 13.2 Å². The number of rotatable bonds is 7. The van der Waals surface area contributed by atoms with Crippen LogP contribution in [-0.4, -0.2) is 30.0 Å². The minimum atomic E-state index is -4.75. The van der Waals surface area contributed by atoms with Crippen molar-refractivity contribution in [2.24, 2.45) is 5.73 Å². The number of aryl methyl sites for hydroxylation is 1. The molecule has 8 heteroatoms. The molecule has 0 fully saturated rings. The Morgan fingerprint density at radius 2 is 1.90 bits per heavy atom. The van der Waals surface area contributed by atoms with Crippen LogP contribution in [0.1, 0.15) is 18.4 Å². The van der Waals surface area contributed by atoms with E-state index in [1.54, 1.807) is 19.4 Å². The lowest BCUT2D eigenvalue weighted by Crippen LogP contribution is -2.16. The van der Waals surface area contributed by atoms with Crippen molar-refractivity contribution in [3.05, 3.63) is 54.2 Å². The molecule has 0 saturated carbocycles. The molecule has 2 aromatic heterocycles. The molecule has 0 spiro atoms. The van der Waals surface area contributed by atoms with Crippen molar-refractivity contribution in [2.75, 3.05) is 13.7 Å². The summed E-state index contributed by atoms with van der Waals surface area (Å²) in [5.41, 5.74) is 9.69. The normalized spacial score (nSPS) is 11.9. The first-order valence-electron chi connectivity index (χ1n) is 9.94. The van der Waals surface area contributed by atoms with Crippen LogP contribution in [0, 0.1) is 0 Å². The summed E-state index contributed by atoms with van der Waals surface area (Å²) in [5, 5.41) is 1.57. The largest absolute Gasteiger partial charge is 0.573 e. The van der Waals surface area contributed by atoms with Gasteiger partial charge in [0, 0.05) is 28.0 Å². The van der Waals surface area contributed by atoms with Crippen molar-refractivity contribution in [1.82, 2.24) is 9.97 Å². The maximum absolute atomic E-state index is 12.8. The highest BCUT2D eigenvalue weighted by molar-refractivity contribution is 6.02. The minimum absolute atomic E-state index is 0.253. The van der Waals surface area contributed by atoms with E-state index in [0.29, 0.717) is 24.1 Å². The van der Waals surface area contributed by atoms with Gasteiger partial charge < -0.3 is 20.2 Å². The third-order valence-electron chi connectivity index (χ3n) is 5.21. The van der Waals surface area contributed by atoms with Gasteiger partial charge in [-0.1, -0.05) is 6.07 Å². The van der Waals surface area contributed by atoms with E-state index >= 15 is 0 Å². The Balaban J connectivity index is 1.95. The quantitative estimate of drug-likeness (QED) is 0.377. The first-order chi connectivity index (χ1) is 14.9. The molecule has 4 rings (SSSR count). The molecule has 3 N–H and O–H groups in total. The SMILES string of the molecule is COc1ccc2ncccc2c1-c1[nH]c2ccc(OC(F)(F)F)cc2c1CCCCN. The lowest BCUT2D eigenvalue weighted by molar-refractivity contribution is -0.274. The van der Waals surface area contributed by atoms with Crippen molar-refractivity contribution in [3.8, 4) is 22.8 Å². The van der Waals surface area contributed by atoms with Crippen LogP contribution in [-0.2, 0) is 6.42 Å². The van der Waals surface area contributed by atoms with Gasteiger partial charge in [-0.15, -0.1) is 13.2 Å². The molecular formula is C23H22F3N3O2. The standard InChI is InChI=1S/C23H22F3N3O2/c1-30-20-10-9-18-16(6-4-12-28-18)21(20)22-15(5-2-3-11-27)17-13-14(31-23(24,25)26)7-8-19(17)29-22/h4,6-10,12-13,29H,2-3,5,11,27H2,1H3. The Morgan fingerprint density at radius 1 is 1.06 bits per heavy atom. The van der Waals surface area contributed by atoms with Gasteiger partial charge in [0.15, 0.2) is 0 Å². The van der Waals surface area contributed by atoms with Gasteiger partial charge >= 0.3 is 6.36 Å². The second kappa shape index (κ2) is 8.47. The molecular weight excluding hydrogens is 407 g/mol. The van der Waals surface area contributed by atoms with Crippen LogP contribution in [0.25, 0.3) is 33.1 Å². The fourth-order valence-corrected chi connectivity index (χ4v) is 3.90. The predicted octanol–water partition coefficient (Wildman–Crippen LogP) is 5.57. The smallest absolute Gasteiger partial charge is 0.496 e. The fraction of sp³-hybridized carbons (Fsp3) is 0.261. The van der Waals surface area contributed by atoms with E-state index in [1.807, 2.05) is 24.3 Å². The zero-order valence-corrected chi connectivity index (χ0v) is 16.9. The average Bonchev–Trinajstić information content (AvgIpc) is 3.09. The number of aromatic amines is 1. The number of fused-ring (bicyclic) bond motifs is 2. The first kappa shape index (κ1) is 21.0. The van der Waals surface area contributed by atoms with Crippen LogP contribution in [0.5, 0.6) is 11.5 Å². The van der Waals surface area contributed by atoms with Gasteiger partial charge in [0.1, 0.15) is 11.5 Å². The minimum Gasteiger partial charge on any atom is -0.496 e. The molecule has 2 heterocycles. The van der Waals surface area contributed by atoms with Crippen molar-refractivity contribution >= 4 is 21.8 Å². The monoisotopic (exact) mass is 429 g/mol. The highest BCUT2D eigenvalue weighted by Gasteiger charge is 2.31. The van der Waals surface area contributed by atoms with Crippen molar-refractivity contribution < 1.29 is 22.6 Å². The Hall–Kier alpha value is -3.26. The van der Waals surface area contributed by atoms with Crippen molar-refractivity contribution in [2.45, 2.75) is 25.6 Å². The molecule has 0 radical (unpaired) electrons. The Kier molecular flexibility index (Phi) is 5.73. The van der Waals surface area contributed by atoms with Gasteiger partial charge in [0.2, 0.25) is 0 Å². The van der Waals surface area contributed by atoms with Gasteiger partial charge in [0.25, 0.3) is 0 Å². The van der Waals surface area contributed by atoms with E-state index in [9.17, 15) is 13.2 Å². The number of nitrogens with zero attached hydrogens (tertiary/aromatic N) is 1. The number of unbranched alkanes of at least 4 members (excludes halogenated alkanes) is 1. The maximum Gasteiger partial charge on any atom is 0.573 e. The van der Waals surface area contributed by atoms with Crippen LogP contribution in [0.15, 0.2) is 48.7 Å². The number of hydrogen-bond donors (Lipinski definition) is 2. The van der Waals surface area contributed by atoms with E-state index in [0.717, 1.165) is 46.1 Å². The number of aromatic nitrogens is 2. The number of ether oxygens (including phenoxy) is 2. The van der Waals surface area contributed by atoms with E-state index in [2.05, 4.69) is 14.7 Å². The predicted molar refractivity (Wildman–Crippen MR) is 114 cm³/mol. The molecule has 0 amide bonds. The molecule has 0 bridgehead atoms. The van der Waals surface area contributed by atoms with Crippen LogP contribution in [0.2, 0.25) is 0 Å². The zero-order valence-electron chi connectivity index (χ0n) is 16.9. The topological polar surface area (TPSA) is 73.2 Å². The molecule has 0 aliphatic rings. The lowest BCUT2D eigenvalue weighted by atomic mass is 9.97. The van der Waals surface area contributed by atoms with Gasteiger partial charge in [-0.2, -0.15) is 0 Å². The molecule has 4 aromatic rings. The second-order valence-corrected chi connectivity index (χ2v) is 7.19. The average molecular weight is 429 g/mol. The number of methoxy groups -OCH3 is 1. The Bertz CT molecular complexity index is 1220. The summed E-state index contributed by atoms with van der Waals surface area (Å²) < 4.78 is 48.1. The van der Waals surface area contributed by atoms with E-state index < -0.39 is 6.36 Å². The van der Waals surface area contributed by atoms with Gasteiger partial charge in [-0.3, -0.25) is 4.98 Å². The van der Waals surface area contributed by atoms with E-state index in [4.69, 9.17) is 10.5 Å². The molecule has 0 atom stereocenters. The molecule has 2 aromatic carbocycles. The summed E-state index contributed by atoms with van der Waals surface area (Å²) in [6.07, 6.45) is -0.795. The molecule has 31 heavy (non-hydrogen) atoms.